The molecule has 1 aromatic rings. The number of fused-ring (bicyclic) bond motifs is 2. The van der Waals surface area contributed by atoms with E-state index in [4.69, 9.17) is 9.84 Å². The van der Waals surface area contributed by atoms with Crippen molar-refractivity contribution in [2.75, 3.05) is 13.1 Å². The zero-order chi connectivity index (χ0) is 12.5. The Morgan fingerprint density at radius 2 is 1.83 bits per heavy atom. The average molecular weight is 247 g/mol. The second-order valence-electron chi connectivity index (χ2n) is 5.15. The van der Waals surface area contributed by atoms with E-state index in [9.17, 15) is 4.79 Å². The number of carboxylic acid groups (broad SMARTS) is 1. The lowest BCUT2D eigenvalue weighted by Crippen LogP contribution is -2.41. The van der Waals surface area contributed by atoms with Crippen LogP contribution in [0.15, 0.2) is 24.3 Å². The molecule has 2 atom stereocenters. The average Bonchev–Trinajstić information content (AvgIpc) is 2.69. The molecule has 18 heavy (non-hydrogen) atoms. The molecule has 0 saturated carbocycles. The van der Waals surface area contributed by atoms with Gasteiger partial charge in [0.15, 0.2) is 0 Å². The van der Waals surface area contributed by atoms with E-state index in [-0.39, 0.29) is 0 Å². The fourth-order valence-electron chi connectivity index (χ4n) is 2.84. The van der Waals surface area contributed by atoms with Crippen LogP contribution in [0, 0.1) is 0 Å². The number of carboxylic acids is 1. The van der Waals surface area contributed by atoms with Crippen molar-refractivity contribution < 1.29 is 14.6 Å². The highest BCUT2D eigenvalue weighted by Gasteiger charge is 2.33. The Labute approximate surface area is 106 Å². The van der Waals surface area contributed by atoms with Gasteiger partial charge in [0, 0.05) is 19.6 Å². The SMILES string of the molecule is O=C(O)c1ccc(CN2CC3CCC(C2)O3)cc1. The first-order valence-electron chi connectivity index (χ1n) is 6.41. The van der Waals surface area contributed by atoms with Gasteiger partial charge in [-0.2, -0.15) is 0 Å². The van der Waals surface area contributed by atoms with Gasteiger partial charge in [-0.3, -0.25) is 4.90 Å². The lowest BCUT2D eigenvalue weighted by Gasteiger charge is -2.32. The van der Waals surface area contributed by atoms with Gasteiger partial charge in [-0.1, -0.05) is 12.1 Å². The predicted molar refractivity (Wildman–Crippen MR) is 66.6 cm³/mol. The number of nitrogens with zero attached hydrogens (tertiary/aromatic N) is 1. The maximum atomic E-state index is 10.8. The number of benzene rings is 1. The molecule has 1 N–H and O–H groups in total. The fourth-order valence-corrected chi connectivity index (χ4v) is 2.84. The molecule has 4 heteroatoms. The largest absolute Gasteiger partial charge is 0.478 e. The van der Waals surface area contributed by atoms with Crippen molar-refractivity contribution in [1.82, 2.24) is 4.90 Å². The second-order valence-corrected chi connectivity index (χ2v) is 5.15. The predicted octanol–water partition coefficient (Wildman–Crippen LogP) is 1.75. The number of likely N-dealkylation sites (tertiary alicyclic amines) is 1. The Kier molecular flexibility index (Phi) is 3.06. The number of aromatic carboxylic acids is 1. The summed E-state index contributed by atoms with van der Waals surface area (Å²) in [6.07, 6.45) is 3.17. The van der Waals surface area contributed by atoms with E-state index in [1.807, 2.05) is 12.1 Å². The Bertz CT molecular complexity index is 431. The number of ether oxygens (including phenoxy) is 1. The van der Waals surface area contributed by atoms with Gasteiger partial charge in [0.25, 0.3) is 0 Å². The minimum absolute atomic E-state index is 0.348. The number of hydrogen-bond acceptors (Lipinski definition) is 3. The summed E-state index contributed by atoms with van der Waals surface area (Å²) < 4.78 is 5.80. The Morgan fingerprint density at radius 1 is 1.22 bits per heavy atom. The monoisotopic (exact) mass is 247 g/mol. The quantitative estimate of drug-likeness (QED) is 0.884. The van der Waals surface area contributed by atoms with E-state index in [0.29, 0.717) is 17.8 Å². The molecular formula is C14H17NO3. The number of morpholine rings is 1. The summed E-state index contributed by atoms with van der Waals surface area (Å²) in [4.78, 5) is 13.2. The van der Waals surface area contributed by atoms with Crippen LogP contribution in [0.5, 0.6) is 0 Å². The highest BCUT2D eigenvalue weighted by atomic mass is 16.5. The number of rotatable bonds is 3. The van der Waals surface area contributed by atoms with Gasteiger partial charge in [-0.05, 0) is 30.5 Å². The minimum Gasteiger partial charge on any atom is -0.478 e. The van der Waals surface area contributed by atoms with Gasteiger partial charge >= 0.3 is 5.97 Å². The van der Waals surface area contributed by atoms with Gasteiger partial charge in [0.1, 0.15) is 0 Å². The lowest BCUT2D eigenvalue weighted by atomic mass is 10.1. The zero-order valence-corrected chi connectivity index (χ0v) is 10.2. The van der Waals surface area contributed by atoms with E-state index < -0.39 is 5.97 Å². The Hall–Kier alpha value is -1.39. The Balaban J connectivity index is 1.64. The van der Waals surface area contributed by atoms with E-state index in [0.717, 1.165) is 19.6 Å². The van der Waals surface area contributed by atoms with Crippen LogP contribution in [0.25, 0.3) is 0 Å². The summed E-state index contributed by atoms with van der Waals surface area (Å²) in [5.41, 5.74) is 1.52. The molecule has 2 unspecified atom stereocenters. The van der Waals surface area contributed by atoms with Crippen molar-refractivity contribution >= 4 is 5.97 Å². The fraction of sp³-hybridized carbons (Fsp3) is 0.500. The second kappa shape index (κ2) is 4.71. The first-order chi connectivity index (χ1) is 8.70. The zero-order valence-electron chi connectivity index (χ0n) is 10.2. The molecular weight excluding hydrogens is 230 g/mol. The van der Waals surface area contributed by atoms with Crippen LogP contribution in [0.2, 0.25) is 0 Å². The first kappa shape index (κ1) is 11.7. The van der Waals surface area contributed by atoms with Crippen molar-refractivity contribution in [3.8, 4) is 0 Å². The molecule has 96 valence electrons. The van der Waals surface area contributed by atoms with Crippen LogP contribution in [0.4, 0.5) is 0 Å². The van der Waals surface area contributed by atoms with E-state index in [1.165, 1.54) is 18.4 Å². The van der Waals surface area contributed by atoms with E-state index >= 15 is 0 Å². The molecule has 2 saturated heterocycles. The molecule has 0 spiro atoms. The normalized spacial score (nSPS) is 27.3. The molecule has 3 rings (SSSR count). The van der Waals surface area contributed by atoms with Crippen molar-refractivity contribution in [3.05, 3.63) is 35.4 Å². The van der Waals surface area contributed by atoms with Gasteiger partial charge in [0.2, 0.25) is 0 Å². The summed E-state index contributed by atoms with van der Waals surface area (Å²) in [5.74, 6) is -0.869. The van der Waals surface area contributed by atoms with Crippen molar-refractivity contribution in [2.24, 2.45) is 0 Å². The van der Waals surface area contributed by atoms with E-state index in [1.54, 1.807) is 12.1 Å². The third-order valence-electron chi connectivity index (χ3n) is 3.73. The highest BCUT2D eigenvalue weighted by Crippen LogP contribution is 2.27. The topological polar surface area (TPSA) is 49.8 Å². The van der Waals surface area contributed by atoms with Crippen molar-refractivity contribution in [1.29, 1.82) is 0 Å². The molecule has 0 radical (unpaired) electrons. The third kappa shape index (κ3) is 2.40. The van der Waals surface area contributed by atoms with Crippen LogP contribution in [0.1, 0.15) is 28.8 Å². The maximum Gasteiger partial charge on any atom is 0.335 e. The summed E-state index contributed by atoms with van der Waals surface area (Å²) >= 11 is 0. The molecule has 2 aliphatic heterocycles. The van der Waals surface area contributed by atoms with Crippen LogP contribution in [0.3, 0.4) is 0 Å². The molecule has 2 bridgehead atoms. The molecule has 0 aliphatic carbocycles. The lowest BCUT2D eigenvalue weighted by molar-refractivity contribution is -0.0410. The molecule has 4 nitrogen and oxygen atoms in total. The van der Waals surface area contributed by atoms with Crippen molar-refractivity contribution in [3.63, 3.8) is 0 Å². The summed E-state index contributed by atoms with van der Waals surface area (Å²) in [6, 6.07) is 7.15. The van der Waals surface area contributed by atoms with Crippen LogP contribution < -0.4 is 0 Å². The molecule has 2 fully saturated rings. The summed E-state index contributed by atoms with van der Waals surface area (Å²) in [7, 11) is 0. The van der Waals surface area contributed by atoms with Gasteiger partial charge in [-0.25, -0.2) is 4.79 Å². The molecule has 2 aliphatic rings. The van der Waals surface area contributed by atoms with Crippen LogP contribution in [-0.4, -0.2) is 41.3 Å². The van der Waals surface area contributed by atoms with Gasteiger partial charge in [-0.15, -0.1) is 0 Å². The molecule has 1 aromatic carbocycles. The molecule has 0 aromatic heterocycles. The highest BCUT2D eigenvalue weighted by molar-refractivity contribution is 5.87. The number of hydrogen-bond donors (Lipinski definition) is 1. The summed E-state index contributed by atoms with van der Waals surface area (Å²) in [5, 5.41) is 8.85. The molecule has 0 amide bonds. The Morgan fingerprint density at radius 3 is 2.39 bits per heavy atom. The number of carbonyl (C=O) groups is 1. The minimum atomic E-state index is -0.869. The van der Waals surface area contributed by atoms with Crippen LogP contribution >= 0.6 is 0 Å². The smallest absolute Gasteiger partial charge is 0.335 e. The third-order valence-corrected chi connectivity index (χ3v) is 3.73. The van der Waals surface area contributed by atoms with Gasteiger partial charge in [0.05, 0.1) is 17.8 Å². The van der Waals surface area contributed by atoms with E-state index in [2.05, 4.69) is 4.90 Å². The molecule has 2 heterocycles. The van der Waals surface area contributed by atoms with Gasteiger partial charge < -0.3 is 9.84 Å². The summed E-state index contributed by atoms with van der Waals surface area (Å²) in [6.45, 7) is 2.88. The maximum absolute atomic E-state index is 10.8. The van der Waals surface area contributed by atoms with Crippen molar-refractivity contribution in [2.45, 2.75) is 31.6 Å². The van der Waals surface area contributed by atoms with Crippen LogP contribution in [-0.2, 0) is 11.3 Å². The first-order valence-corrected chi connectivity index (χ1v) is 6.41. The standard InChI is InChI=1S/C14H17NO3/c16-14(17)11-3-1-10(2-4-11)7-15-8-12-5-6-13(9-15)18-12/h1-4,12-13H,5-9H2,(H,16,17).